The lowest BCUT2D eigenvalue weighted by Gasteiger charge is -2.17. The molecule has 5 rings (SSSR count). The van der Waals surface area contributed by atoms with Gasteiger partial charge in [0.1, 0.15) is 12.6 Å². The van der Waals surface area contributed by atoms with Crippen LogP contribution in [0.3, 0.4) is 0 Å². The van der Waals surface area contributed by atoms with Crippen molar-refractivity contribution in [3.05, 3.63) is 102 Å². The van der Waals surface area contributed by atoms with Crippen LogP contribution in [0.5, 0.6) is 0 Å². The van der Waals surface area contributed by atoms with Gasteiger partial charge in [-0.3, -0.25) is 4.68 Å². The zero-order chi connectivity index (χ0) is 25.1. The molecule has 1 aromatic heterocycles. The normalized spacial score (nSPS) is 13.0. The van der Waals surface area contributed by atoms with Crippen molar-refractivity contribution in [2.24, 2.45) is 0 Å². The Bertz CT molecular complexity index is 1350. The second-order valence-corrected chi connectivity index (χ2v) is 8.85. The number of nitrogens with one attached hydrogen (secondary N) is 1. The molecule has 36 heavy (non-hydrogen) atoms. The fourth-order valence-corrected chi connectivity index (χ4v) is 4.74. The van der Waals surface area contributed by atoms with E-state index in [9.17, 15) is 14.7 Å². The first-order chi connectivity index (χ1) is 17.5. The highest BCUT2D eigenvalue weighted by molar-refractivity contribution is 5.81. The topological polar surface area (TPSA) is 93.5 Å². The third kappa shape index (κ3) is 4.73. The number of aliphatic carboxylic acids is 1. The maximum atomic E-state index is 12.6. The van der Waals surface area contributed by atoms with Gasteiger partial charge in [0.15, 0.2) is 0 Å². The zero-order valence-corrected chi connectivity index (χ0v) is 19.9. The Hall–Kier alpha value is -4.39. The van der Waals surface area contributed by atoms with Crippen LogP contribution in [0, 0.1) is 0 Å². The summed E-state index contributed by atoms with van der Waals surface area (Å²) in [6.07, 6.45) is 3.17. The number of aryl methyl sites for hydroxylation is 1. The Morgan fingerprint density at radius 2 is 1.61 bits per heavy atom. The first-order valence-electron chi connectivity index (χ1n) is 12.0. The molecule has 0 aliphatic heterocycles. The summed E-state index contributed by atoms with van der Waals surface area (Å²) < 4.78 is 7.37. The molecule has 0 radical (unpaired) electrons. The third-order valence-electron chi connectivity index (χ3n) is 6.62. The minimum atomic E-state index is -1.11. The summed E-state index contributed by atoms with van der Waals surface area (Å²) in [6.45, 7) is 2.95. The molecule has 0 fully saturated rings. The van der Waals surface area contributed by atoms with Crippen LogP contribution in [0.1, 0.15) is 29.5 Å². The maximum Gasteiger partial charge on any atom is 0.407 e. The number of carboxylic acid groups (broad SMARTS) is 1. The molecule has 0 spiro atoms. The molecular weight excluding hydrogens is 454 g/mol. The second-order valence-electron chi connectivity index (χ2n) is 8.85. The lowest BCUT2D eigenvalue weighted by Crippen LogP contribution is -2.42. The van der Waals surface area contributed by atoms with Crippen molar-refractivity contribution < 1.29 is 19.4 Å². The van der Waals surface area contributed by atoms with Gasteiger partial charge in [-0.25, -0.2) is 9.59 Å². The second kappa shape index (κ2) is 10.1. The number of hydrogen-bond acceptors (Lipinski definition) is 4. The van der Waals surface area contributed by atoms with E-state index in [2.05, 4.69) is 22.5 Å². The fourth-order valence-electron chi connectivity index (χ4n) is 4.74. The van der Waals surface area contributed by atoms with Crippen molar-refractivity contribution >= 4 is 12.1 Å². The number of carboxylic acids is 1. The van der Waals surface area contributed by atoms with Gasteiger partial charge >= 0.3 is 12.1 Å². The molecule has 1 heterocycles. The molecule has 1 atom stereocenters. The molecule has 0 unspecified atom stereocenters. The predicted octanol–water partition coefficient (Wildman–Crippen LogP) is 5.10. The minimum absolute atomic E-state index is 0.0870. The van der Waals surface area contributed by atoms with Gasteiger partial charge in [0.05, 0.1) is 6.20 Å². The molecule has 1 aliphatic rings. The van der Waals surface area contributed by atoms with Crippen LogP contribution in [0.15, 0.2) is 85.2 Å². The fraction of sp³-hybridized carbons (Fsp3) is 0.207. The number of aromatic nitrogens is 2. The van der Waals surface area contributed by atoms with E-state index in [1.807, 2.05) is 78.5 Å². The van der Waals surface area contributed by atoms with Crippen molar-refractivity contribution in [1.82, 2.24) is 15.1 Å². The lowest BCUT2D eigenvalue weighted by molar-refractivity contribution is -0.139. The van der Waals surface area contributed by atoms with Gasteiger partial charge in [-0.2, -0.15) is 5.10 Å². The monoisotopic (exact) mass is 481 g/mol. The molecule has 182 valence electrons. The Balaban J connectivity index is 1.22. The van der Waals surface area contributed by atoms with Crippen molar-refractivity contribution in [3.63, 3.8) is 0 Å². The summed E-state index contributed by atoms with van der Waals surface area (Å²) in [5.74, 6) is -1.20. The summed E-state index contributed by atoms with van der Waals surface area (Å²) in [6, 6.07) is 22.6. The summed E-state index contributed by atoms with van der Waals surface area (Å²) in [7, 11) is 0. The van der Waals surface area contributed by atoms with Crippen LogP contribution in [0.25, 0.3) is 22.3 Å². The molecule has 4 aromatic rings. The number of rotatable bonds is 8. The predicted molar refractivity (Wildman–Crippen MR) is 137 cm³/mol. The van der Waals surface area contributed by atoms with E-state index in [1.165, 1.54) is 0 Å². The van der Waals surface area contributed by atoms with E-state index in [1.54, 1.807) is 6.20 Å². The van der Waals surface area contributed by atoms with Crippen LogP contribution in [0.4, 0.5) is 4.79 Å². The zero-order valence-electron chi connectivity index (χ0n) is 19.9. The number of carbonyl (C=O) groups excluding carboxylic acids is 1. The van der Waals surface area contributed by atoms with Crippen molar-refractivity contribution in [3.8, 4) is 22.3 Å². The van der Waals surface area contributed by atoms with E-state index < -0.39 is 18.1 Å². The van der Waals surface area contributed by atoms with Gasteiger partial charge in [0, 0.05) is 30.6 Å². The molecule has 2 N–H and O–H groups in total. The van der Waals surface area contributed by atoms with Crippen LogP contribution >= 0.6 is 0 Å². The van der Waals surface area contributed by atoms with E-state index in [4.69, 9.17) is 4.74 Å². The van der Waals surface area contributed by atoms with E-state index in [0.717, 1.165) is 45.5 Å². The van der Waals surface area contributed by atoms with Crippen LogP contribution in [-0.2, 0) is 22.5 Å². The average Bonchev–Trinajstić information content (AvgIpc) is 3.50. The molecule has 1 aliphatic carbocycles. The van der Waals surface area contributed by atoms with E-state index >= 15 is 0 Å². The summed E-state index contributed by atoms with van der Waals surface area (Å²) >= 11 is 0. The maximum absolute atomic E-state index is 12.6. The number of carbonyl (C=O) groups is 2. The quantitative estimate of drug-likeness (QED) is 0.365. The number of alkyl carbamates (subject to hydrolysis) is 1. The Kier molecular flexibility index (Phi) is 6.54. The largest absolute Gasteiger partial charge is 0.480 e. The molecule has 1 amide bonds. The highest BCUT2D eigenvalue weighted by atomic mass is 16.5. The van der Waals surface area contributed by atoms with Gasteiger partial charge in [0.25, 0.3) is 0 Å². The molecule has 7 heteroatoms. The highest BCUT2D eigenvalue weighted by Crippen LogP contribution is 2.44. The molecule has 0 saturated carbocycles. The third-order valence-corrected chi connectivity index (χ3v) is 6.62. The highest BCUT2D eigenvalue weighted by Gasteiger charge is 2.29. The van der Waals surface area contributed by atoms with Crippen molar-refractivity contribution in [2.45, 2.75) is 31.8 Å². The number of benzene rings is 3. The van der Waals surface area contributed by atoms with E-state index in [-0.39, 0.29) is 18.9 Å². The van der Waals surface area contributed by atoms with E-state index in [0.29, 0.717) is 0 Å². The molecule has 7 nitrogen and oxygen atoms in total. The molecule has 0 saturated heterocycles. The SMILES string of the molecule is CCn1cc(-c2ccc(C[C@H](NC(=O)OCC3c4ccccc4-c4ccccc43)C(=O)O)cc2)cn1. The Morgan fingerprint density at radius 3 is 2.19 bits per heavy atom. The molecule has 3 aromatic carbocycles. The van der Waals surface area contributed by atoms with Gasteiger partial charge in [-0.1, -0.05) is 72.8 Å². The number of fused-ring (bicyclic) bond motifs is 3. The summed E-state index contributed by atoms with van der Waals surface area (Å²) in [5.41, 5.74) is 7.27. The van der Waals surface area contributed by atoms with Crippen LogP contribution in [-0.4, -0.2) is 39.6 Å². The minimum Gasteiger partial charge on any atom is -0.480 e. The van der Waals surface area contributed by atoms with Gasteiger partial charge in [0.2, 0.25) is 0 Å². The van der Waals surface area contributed by atoms with Crippen LogP contribution in [0.2, 0.25) is 0 Å². The first-order valence-corrected chi connectivity index (χ1v) is 12.0. The summed E-state index contributed by atoms with van der Waals surface area (Å²) in [4.78, 5) is 24.5. The van der Waals surface area contributed by atoms with Crippen LogP contribution < -0.4 is 5.32 Å². The molecular formula is C29H27N3O4. The van der Waals surface area contributed by atoms with Gasteiger partial charge < -0.3 is 15.2 Å². The van der Waals surface area contributed by atoms with Crippen molar-refractivity contribution in [2.75, 3.05) is 6.61 Å². The number of nitrogens with zero attached hydrogens (tertiary/aromatic N) is 2. The standard InChI is InChI=1S/C29H27N3O4/c1-2-32-17-21(16-30-32)20-13-11-19(12-14-20)15-27(28(33)34)31-29(35)36-18-26-24-9-5-3-7-22(24)23-8-4-6-10-25(23)26/h3-14,16-17,26-27H,2,15,18H2,1H3,(H,31,35)(H,33,34)/t27-/m0/s1. The Morgan fingerprint density at radius 1 is 0.972 bits per heavy atom. The van der Waals surface area contributed by atoms with Crippen molar-refractivity contribution in [1.29, 1.82) is 0 Å². The summed E-state index contributed by atoms with van der Waals surface area (Å²) in [5, 5.41) is 16.5. The average molecular weight is 482 g/mol. The lowest BCUT2D eigenvalue weighted by atomic mass is 9.98. The number of hydrogen-bond donors (Lipinski definition) is 2. The first kappa shape index (κ1) is 23.4. The number of ether oxygens (including phenoxy) is 1. The van der Waals surface area contributed by atoms with Gasteiger partial charge in [-0.15, -0.1) is 0 Å². The van der Waals surface area contributed by atoms with Gasteiger partial charge in [-0.05, 0) is 40.3 Å². The Labute approximate surface area is 209 Å². The number of amides is 1. The molecule has 0 bridgehead atoms. The smallest absolute Gasteiger partial charge is 0.407 e.